The first-order valence-corrected chi connectivity index (χ1v) is 9.90. The van der Waals surface area contributed by atoms with E-state index in [4.69, 9.17) is 16.6 Å². The molecule has 0 radical (unpaired) electrons. The molecular weight excluding hydrogens is 356 g/mol. The Balaban J connectivity index is 1.26. The largest absolute Gasteiger partial charge is 0.294 e. The summed E-state index contributed by atoms with van der Waals surface area (Å²) in [6.45, 7) is 2.85. The van der Waals surface area contributed by atoms with Crippen LogP contribution in [0.5, 0.6) is 0 Å². The lowest BCUT2D eigenvalue weighted by molar-refractivity contribution is 0.242. The number of benzene rings is 1. The molecule has 1 fully saturated rings. The normalized spacial score (nSPS) is 16.9. The van der Waals surface area contributed by atoms with Gasteiger partial charge in [0.25, 0.3) is 0 Å². The second kappa shape index (κ2) is 7.02. The van der Waals surface area contributed by atoms with E-state index in [1.165, 1.54) is 29.7 Å². The molecule has 2 aromatic heterocycles. The van der Waals surface area contributed by atoms with Gasteiger partial charge in [-0.3, -0.25) is 9.88 Å². The minimum Gasteiger partial charge on any atom is -0.294 e. The Morgan fingerprint density at radius 2 is 1.85 bits per heavy atom. The van der Waals surface area contributed by atoms with Gasteiger partial charge in [-0.25, -0.2) is 9.97 Å². The number of halogens is 1. The summed E-state index contributed by atoms with van der Waals surface area (Å²) in [6, 6.07) is 12.0. The van der Waals surface area contributed by atoms with E-state index in [-0.39, 0.29) is 0 Å². The average Bonchev–Trinajstić information content (AvgIpc) is 3.54. The maximum Gasteiger partial charge on any atom is 0.131 e. The predicted octanol–water partition coefficient (Wildman–Crippen LogP) is 4.63. The van der Waals surface area contributed by atoms with Gasteiger partial charge in [0.1, 0.15) is 5.82 Å². The Kier molecular flexibility index (Phi) is 4.38. The first kappa shape index (κ1) is 16.8. The SMILES string of the molecule is Clc1ccc(-c2ccc(CN3CCc4nc(C5CC5)ncc4C3)cn2)cc1. The highest BCUT2D eigenvalue weighted by molar-refractivity contribution is 6.30. The Morgan fingerprint density at radius 3 is 2.59 bits per heavy atom. The van der Waals surface area contributed by atoms with E-state index >= 15 is 0 Å². The summed E-state index contributed by atoms with van der Waals surface area (Å²) < 4.78 is 0. The van der Waals surface area contributed by atoms with Crippen molar-refractivity contribution in [1.29, 1.82) is 0 Å². The van der Waals surface area contributed by atoms with Crippen molar-refractivity contribution in [1.82, 2.24) is 19.9 Å². The van der Waals surface area contributed by atoms with Crippen molar-refractivity contribution in [3.8, 4) is 11.3 Å². The lowest BCUT2D eigenvalue weighted by atomic mass is 10.1. The number of nitrogens with zero attached hydrogens (tertiary/aromatic N) is 4. The third-order valence-electron chi connectivity index (χ3n) is 5.35. The van der Waals surface area contributed by atoms with E-state index in [0.717, 1.165) is 48.2 Å². The van der Waals surface area contributed by atoms with E-state index in [0.29, 0.717) is 5.92 Å². The van der Waals surface area contributed by atoms with Crippen molar-refractivity contribution in [2.24, 2.45) is 0 Å². The zero-order valence-corrected chi connectivity index (χ0v) is 15.9. The predicted molar refractivity (Wildman–Crippen MR) is 107 cm³/mol. The molecule has 1 aliphatic carbocycles. The summed E-state index contributed by atoms with van der Waals surface area (Å²) >= 11 is 5.96. The second-order valence-corrected chi connectivity index (χ2v) is 7.93. The fraction of sp³-hybridized carbons (Fsp3) is 0.318. The molecule has 5 rings (SSSR count). The molecule has 0 spiro atoms. The van der Waals surface area contributed by atoms with Crippen LogP contribution in [0.1, 0.15) is 41.4 Å². The van der Waals surface area contributed by atoms with E-state index in [1.807, 2.05) is 36.7 Å². The fourth-order valence-electron chi connectivity index (χ4n) is 3.63. The number of hydrogen-bond donors (Lipinski definition) is 0. The van der Waals surface area contributed by atoms with Crippen molar-refractivity contribution >= 4 is 11.6 Å². The van der Waals surface area contributed by atoms with Gasteiger partial charge in [0.2, 0.25) is 0 Å². The molecule has 0 bridgehead atoms. The van der Waals surface area contributed by atoms with Gasteiger partial charge in [0.05, 0.1) is 5.69 Å². The third kappa shape index (κ3) is 3.73. The van der Waals surface area contributed by atoms with Gasteiger partial charge in [-0.2, -0.15) is 0 Å². The molecule has 136 valence electrons. The minimum absolute atomic E-state index is 0.624. The van der Waals surface area contributed by atoms with Gasteiger partial charge >= 0.3 is 0 Å². The standard InChI is InChI=1S/C22H21ClN4/c23-19-6-4-16(5-7-19)20-8-1-15(11-24-20)13-27-10-9-21-18(14-27)12-25-22(26-21)17-2-3-17/h1,4-8,11-12,17H,2-3,9-10,13-14H2. The minimum atomic E-state index is 0.624. The van der Waals surface area contributed by atoms with Gasteiger partial charge in [0, 0.05) is 66.2 Å². The van der Waals surface area contributed by atoms with Crippen LogP contribution in [0.15, 0.2) is 48.8 Å². The summed E-state index contributed by atoms with van der Waals surface area (Å²) in [5, 5.41) is 0.744. The monoisotopic (exact) mass is 376 g/mol. The molecule has 0 unspecified atom stereocenters. The van der Waals surface area contributed by atoms with Gasteiger partial charge in [-0.1, -0.05) is 29.8 Å². The Morgan fingerprint density at radius 1 is 1.00 bits per heavy atom. The molecule has 1 aromatic carbocycles. The number of aromatic nitrogens is 3. The van der Waals surface area contributed by atoms with Gasteiger partial charge in [0.15, 0.2) is 0 Å². The highest BCUT2D eigenvalue weighted by atomic mass is 35.5. The highest BCUT2D eigenvalue weighted by Crippen LogP contribution is 2.38. The maximum absolute atomic E-state index is 5.96. The zero-order chi connectivity index (χ0) is 18.2. The topological polar surface area (TPSA) is 41.9 Å². The van der Waals surface area contributed by atoms with Crippen molar-refractivity contribution in [3.63, 3.8) is 0 Å². The quantitative estimate of drug-likeness (QED) is 0.665. The van der Waals surface area contributed by atoms with Crippen molar-refractivity contribution in [3.05, 3.63) is 76.5 Å². The van der Waals surface area contributed by atoms with Crippen LogP contribution in [0.4, 0.5) is 0 Å². The summed E-state index contributed by atoms with van der Waals surface area (Å²) in [5.41, 5.74) is 5.81. The molecule has 3 heterocycles. The Bertz CT molecular complexity index is 949. The van der Waals surface area contributed by atoms with E-state index in [1.54, 1.807) is 0 Å². The fourth-order valence-corrected chi connectivity index (χ4v) is 3.76. The summed E-state index contributed by atoms with van der Waals surface area (Å²) in [7, 11) is 0. The van der Waals surface area contributed by atoms with Crippen molar-refractivity contribution in [2.45, 2.75) is 38.3 Å². The molecule has 4 nitrogen and oxygen atoms in total. The number of rotatable bonds is 4. The molecular formula is C22H21ClN4. The zero-order valence-electron chi connectivity index (χ0n) is 15.1. The first-order chi connectivity index (χ1) is 13.2. The van der Waals surface area contributed by atoms with Crippen LogP contribution >= 0.6 is 11.6 Å². The van der Waals surface area contributed by atoms with Crippen LogP contribution in [-0.4, -0.2) is 26.4 Å². The van der Waals surface area contributed by atoms with E-state index in [9.17, 15) is 0 Å². The van der Waals surface area contributed by atoms with E-state index < -0.39 is 0 Å². The smallest absolute Gasteiger partial charge is 0.131 e. The van der Waals surface area contributed by atoms with E-state index in [2.05, 4.69) is 27.0 Å². The van der Waals surface area contributed by atoms with Crippen molar-refractivity contribution in [2.75, 3.05) is 6.54 Å². The molecule has 2 aliphatic rings. The molecule has 1 aliphatic heterocycles. The van der Waals surface area contributed by atoms with Crippen LogP contribution in [0, 0.1) is 0 Å². The van der Waals surface area contributed by atoms with Gasteiger partial charge in [-0.15, -0.1) is 0 Å². The molecule has 27 heavy (non-hydrogen) atoms. The van der Waals surface area contributed by atoms with Crippen molar-refractivity contribution < 1.29 is 0 Å². The summed E-state index contributed by atoms with van der Waals surface area (Å²) in [5.74, 6) is 1.68. The van der Waals surface area contributed by atoms with Crippen LogP contribution < -0.4 is 0 Å². The molecule has 0 saturated heterocycles. The molecule has 0 amide bonds. The van der Waals surface area contributed by atoms with Gasteiger partial charge < -0.3 is 0 Å². The third-order valence-corrected chi connectivity index (χ3v) is 5.60. The van der Waals surface area contributed by atoms with Crippen LogP contribution in [-0.2, 0) is 19.5 Å². The molecule has 0 atom stereocenters. The van der Waals surface area contributed by atoms with Crippen LogP contribution in [0.3, 0.4) is 0 Å². The lowest BCUT2D eigenvalue weighted by Crippen LogP contribution is -2.31. The first-order valence-electron chi connectivity index (χ1n) is 9.52. The lowest BCUT2D eigenvalue weighted by Gasteiger charge is -2.28. The number of pyridine rings is 1. The van der Waals surface area contributed by atoms with Gasteiger partial charge in [-0.05, 0) is 36.6 Å². The maximum atomic E-state index is 5.96. The summed E-state index contributed by atoms with van der Waals surface area (Å²) in [6.07, 6.45) is 7.54. The Labute approximate surface area is 164 Å². The molecule has 1 saturated carbocycles. The number of fused-ring (bicyclic) bond motifs is 1. The second-order valence-electron chi connectivity index (χ2n) is 7.49. The highest BCUT2D eigenvalue weighted by Gasteiger charge is 2.28. The summed E-state index contributed by atoms with van der Waals surface area (Å²) in [4.78, 5) is 16.5. The Hall–Kier alpha value is -2.30. The average molecular weight is 377 g/mol. The molecule has 3 aromatic rings. The van der Waals surface area contributed by atoms with Crippen LogP contribution in [0.2, 0.25) is 5.02 Å². The van der Waals surface area contributed by atoms with Crippen LogP contribution in [0.25, 0.3) is 11.3 Å². The number of hydrogen-bond acceptors (Lipinski definition) is 4. The molecule has 5 heteroatoms. The molecule has 0 N–H and O–H groups in total.